The quantitative estimate of drug-likeness (QED) is 0.752. The number of likely N-dealkylation sites (tertiary alicyclic amines) is 1. The molecule has 0 radical (unpaired) electrons. The van der Waals surface area contributed by atoms with Crippen LogP contribution in [-0.4, -0.2) is 70.7 Å². The molecule has 8 nitrogen and oxygen atoms in total. The molecule has 3 aliphatic heterocycles. The molecule has 2 saturated heterocycles. The summed E-state index contributed by atoms with van der Waals surface area (Å²) < 4.78 is 20.3. The Kier molecular flexibility index (Phi) is 5.30. The van der Waals surface area contributed by atoms with Gasteiger partial charge in [0.1, 0.15) is 18.0 Å². The molecule has 5 rings (SSSR count). The molecule has 1 aromatic carbocycles. The van der Waals surface area contributed by atoms with Gasteiger partial charge in [0, 0.05) is 49.9 Å². The number of aromatic nitrogens is 1. The average molecular weight is 441 g/mol. The third-order valence-electron chi connectivity index (χ3n) is 6.73. The molecule has 2 aromatic rings. The average Bonchev–Trinajstić information content (AvgIpc) is 3.41. The predicted octanol–water partition coefficient (Wildman–Crippen LogP) is 0.572. The molecule has 168 valence electrons. The van der Waals surface area contributed by atoms with E-state index >= 15 is 0 Å². The van der Waals surface area contributed by atoms with Crippen molar-refractivity contribution in [1.29, 1.82) is 0 Å². The Bertz CT molecular complexity index is 1120. The molecule has 4 heterocycles. The first-order chi connectivity index (χ1) is 15.5. The minimum atomic E-state index is -0.600. The summed E-state index contributed by atoms with van der Waals surface area (Å²) >= 11 is 0. The molecule has 1 N–H and O–H groups in total. The highest BCUT2D eigenvalue weighted by Crippen LogP contribution is 2.31. The lowest BCUT2D eigenvalue weighted by Gasteiger charge is -2.31. The molecule has 2 fully saturated rings. The summed E-state index contributed by atoms with van der Waals surface area (Å²) in [6, 6.07) is 5.47. The third kappa shape index (κ3) is 3.51. The highest BCUT2D eigenvalue weighted by molar-refractivity contribution is 5.96. The van der Waals surface area contributed by atoms with Crippen molar-refractivity contribution in [3.8, 4) is 5.69 Å². The Morgan fingerprint density at radius 3 is 2.44 bits per heavy atom. The van der Waals surface area contributed by atoms with E-state index in [0.717, 1.165) is 0 Å². The molecule has 2 atom stereocenters. The van der Waals surface area contributed by atoms with Crippen molar-refractivity contribution < 1.29 is 23.8 Å². The second kappa shape index (κ2) is 8.14. The number of pyridine rings is 1. The highest BCUT2D eigenvalue weighted by Gasteiger charge is 2.41. The number of fused-ring (bicyclic) bond motifs is 2. The van der Waals surface area contributed by atoms with Crippen molar-refractivity contribution in [2.75, 3.05) is 39.5 Å². The second-order valence-electron chi connectivity index (χ2n) is 8.65. The number of nitrogens with zero attached hydrogens (tertiary/aromatic N) is 3. The van der Waals surface area contributed by atoms with Crippen molar-refractivity contribution in [3.05, 3.63) is 63.3 Å². The zero-order chi connectivity index (χ0) is 22.4. The Hall–Kier alpha value is -3.04. The summed E-state index contributed by atoms with van der Waals surface area (Å²) in [5, 5.41) is 9.25. The van der Waals surface area contributed by atoms with Crippen molar-refractivity contribution in [2.45, 2.75) is 13.0 Å². The number of rotatable bonds is 3. The SMILES string of the molecule is O=C(CO)N1CCc2c(cn(-c3ccc(F)cc3)c(=O)c2C(=O)N2C[C@H]3COC[C@H]3C2)C1. The van der Waals surface area contributed by atoms with Gasteiger partial charge in [0.05, 0.1) is 13.2 Å². The Labute approximate surface area is 183 Å². The predicted molar refractivity (Wildman–Crippen MR) is 112 cm³/mol. The van der Waals surface area contributed by atoms with Gasteiger partial charge in [-0.25, -0.2) is 4.39 Å². The van der Waals surface area contributed by atoms with E-state index in [4.69, 9.17) is 4.74 Å². The van der Waals surface area contributed by atoms with Gasteiger partial charge in [0.15, 0.2) is 0 Å². The first-order valence-electron chi connectivity index (χ1n) is 10.7. The van der Waals surface area contributed by atoms with Crippen molar-refractivity contribution in [1.82, 2.24) is 14.4 Å². The van der Waals surface area contributed by atoms with Crippen LogP contribution in [0.15, 0.2) is 35.3 Å². The van der Waals surface area contributed by atoms with E-state index in [1.54, 1.807) is 11.1 Å². The van der Waals surface area contributed by atoms with Crippen LogP contribution in [0.3, 0.4) is 0 Å². The van der Waals surface area contributed by atoms with Crippen LogP contribution in [0, 0.1) is 17.7 Å². The number of ether oxygens (including phenoxy) is 1. The first kappa shape index (κ1) is 20.8. The fourth-order valence-electron chi connectivity index (χ4n) is 4.99. The molecule has 0 aliphatic carbocycles. The minimum absolute atomic E-state index is 0.115. The van der Waals surface area contributed by atoms with Crippen molar-refractivity contribution >= 4 is 11.8 Å². The van der Waals surface area contributed by atoms with Gasteiger partial charge in [-0.15, -0.1) is 0 Å². The summed E-state index contributed by atoms with van der Waals surface area (Å²) in [4.78, 5) is 42.4. The van der Waals surface area contributed by atoms with E-state index in [-0.39, 0.29) is 29.9 Å². The lowest BCUT2D eigenvalue weighted by atomic mass is 9.95. The molecule has 0 unspecified atom stereocenters. The number of aliphatic hydroxyl groups excluding tert-OH is 1. The van der Waals surface area contributed by atoms with Gasteiger partial charge in [-0.2, -0.15) is 0 Å². The maximum Gasteiger partial charge on any atom is 0.268 e. The zero-order valence-corrected chi connectivity index (χ0v) is 17.5. The van der Waals surface area contributed by atoms with Crippen LogP contribution in [0.1, 0.15) is 21.5 Å². The lowest BCUT2D eigenvalue weighted by molar-refractivity contribution is -0.135. The summed E-state index contributed by atoms with van der Waals surface area (Å²) in [7, 11) is 0. The maximum atomic E-state index is 13.6. The van der Waals surface area contributed by atoms with Crippen LogP contribution >= 0.6 is 0 Å². The van der Waals surface area contributed by atoms with Gasteiger partial charge < -0.3 is 19.6 Å². The van der Waals surface area contributed by atoms with Crippen LogP contribution in [0.2, 0.25) is 0 Å². The molecular formula is C23H24FN3O5. The molecule has 2 amide bonds. The molecule has 3 aliphatic rings. The fourth-order valence-corrected chi connectivity index (χ4v) is 4.99. The molecule has 9 heteroatoms. The van der Waals surface area contributed by atoms with Crippen molar-refractivity contribution in [3.63, 3.8) is 0 Å². The normalized spacial score (nSPS) is 22.1. The van der Waals surface area contributed by atoms with Crippen molar-refractivity contribution in [2.24, 2.45) is 11.8 Å². The summed E-state index contributed by atoms with van der Waals surface area (Å²) in [6.45, 7) is 2.27. The van der Waals surface area contributed by atoms with Gasteiger partial charge in [0.2, 0.25) is 5.91 Å². The fraction of sp³-hybridized carbons (Fsp3) is 0.435. The molecule has 0 spiro atoms. The van der Waals surface area contributed by atoms with E-state index in [1.807, 2.05) is 0 Å². The van der Waals surface area contributed by atoms with Crippen LogP contribution in [0.5, 0.6) is 0 Å². The van der Waals surface area contributed by atoms with E-state index in [9.17, 15) is 23.9 Å². The number of carbonyl (C=O) groups excluding carboxylic acids is 2. The first-order valence-corrected chi connectivity index (χ1v) is 10.7. The third-order valence-corrected chi connectivity index (χ3v) is 6.73. The topological polar surface area (TPSA) is 92.1 Å². The second-order valence-corrected chi connectivity index (χ2v) is 8.65. The zero-order valence-electron chi connectivity index (χ0n) is 17.5. The number of aliphatic hydroxyl groups is 1. The van der Waals surface area contributed by atoms with Crippen LogP contribution in [0.4, 0.5) is 4.39 Å². The van der Waals surface area contributed by atoms with Gasteiger partial charge in [-0.05, 0) is 41.8 Å². The van der Waals surface area contributed by atoms with Crippen LogP contribution in [-0.2, 0) is 22.5 Å². The molecule has 1 aromatic heterocycles. The minimum Gasteiger partial charge on any atom is -0.387 e. The number of halogens is 1. The summed E-state index contributed by atoms with van der Waals surface area (Å²) in [6.07, 6.45) is 1.97. The monoisotopic (exact) mass is 441 g/mol. The van der Waals surface area contributed by atoms with Gasteiger partial charge in [-0.3, -0.25) is 19.0 Å². The number of benzene rings is 1. The Balaban J connectivity index is 1.59. The van der Waals surface area contributed by atoms with E-state index in [1.165, 1.54) is 33.7 Å². The number of amides is 2. The Morgan fingerprint density at radius 1 is 1.09 bits per heavy atom. The smallest absolute Gasteiger partial charge is 0.268 e. The maximum absolute atomic E-state index is 13.6. The summed E-state index contributed by atoms with van der Waals surface area (Å²) in [5.41, 5.74) is 1.42. The highest BCUT2D eigenvalue weighted by atomic mass is 19.1. The van der Waals surface area contributed by atoms with Crippen LogP contribution < -0.4 is 5.56 Å². The van der Waals surface area contributed by atoms with E-state index in [2.05, 4.69) is 0 Å². The van der Waals surface area contributed by atoms with E-state index < -0.39 is 23.9 Å². The van der Waals surface area contributed by atoms with Gasteiger partial charge >= 0.3 is 0 Å². The van der Waals surface area contributed by atoms with Crippen LogP contribution in [0.25, 0.3) is 5.69 Å². The lowest BCUT2D eigenvalue weighted by Crippen LogP contribution is -2.42. The molecule has 32 heavy (non-hydrogen) atoms. The number of hydrogen-bond donors (Lipinski definition) is 1. The number of carbonyl (C=O) groups is 2. The summed E-state index contributed by atoms with van der Waals surface area (Å²) in [5.74, 6) is -0.568. The Morgan fingerprint density at radius 2 is 1.78 bits per heavy atom. The molecule has 0 bridgehead atoms. The standard InChI is InChI=1S/C23H24FN3O5/c24-17-1-3-18(4-2-17)27-10-14-7-25(20(29)11-28)6-5-19(14)21(23(27)31)22(30)26-8-15-12-32-13-16(15)9-26/h1-4,10,15-16,28H,5-9,11-13H2/t15-,16+. The van der Waals surface area contributed by atoms with E-state index in [0.29, 0.717) is 56.1 Å². The number of hydrogen-bond acceptors (Lipinski definition) is 5. The molecular weight excluding hydrogens is 417 g/mol. The molecule has 0 saturated carbocycles. The van der Waals surface area contributed by atoms with Gasteiger partial charge in [-0.1, -0.05) is 0 Å². The van der Waals surface area contributed by atoms with Gasteiger partial charge in [0.25, 0.3) is 11.5 Å². The largest absolute Gasteiger partial charge is 0.387 e.